The van der Waals surface area contributed by atoms with Gasteiger partial charge in [-0.1, -0.05) is 158 Å². The molecule has 7 rings (SSSR count). The van der Waals surface area contributed by atoms with Crippen LogP contribution in [0, 0.1) is 0 Å². The largest absolute Gasteiger partial charge is 0.208 e. The molecule has 0 amide bonds. The molecule has 0 fully saturated rings. The molecule has 2 heterocycles. The summed E-state index contributed by atoms with van der Waals surface area (Å²) in [5, 5.41) is 0. The van der Waals surface area contributed by atoms with Crippen LogP contribution in [0.4, 0.5) is 0 Å². The van der Waals surface area contributed by atoms with Crippen LogP contribution in [0.25, 0.3) is 68.1 Å². The fraction of sp³-hybridized carbons (Fsp3) is 0.0233. The molecule has 0 spiro atoms. The summed E-state index contributed by atoms with van der Waals surface area (Å²) < 4.78 is 0. The Bertz CT molecular complexity index is 2170. The molecule has 0 N–H and O–H groups in total. The third-order valence-electron chi connectivity index (χ3n) is 7.82. The van der Waals surface area contributed by atoms with Gasteiger partial charge in [-0.15, -0.1) is 0 Å². The van der Waals surface area contributed by atoms with E-state index in [1.807, 2.05) is 165 Å². The minimum Gasteiger partial charge on any atom is -0.208 e. The molecule has 0 aliphatic rings. The molecule has 7 aromatic rings. The van der Waals surface area contributed by atoms with Gasteiger partial charge in [0, 0.05) is 33.4 Å². The van der Waals surface area contributed by atoms with Gasteiger partial charge in [-0.05, 0) is 30.2 Å². The lowest BCUT2D eigenvalue weighted by atomic mass is 10.0. The minimum absolute atomic E-state index is 0.556. The van der Waals surface area contributed by atoms with Crippen molar-refractivity contribution in [3.05, 3.63) is 182 Å². The molecule has 0 aliphatic carbocycles. The van der Waals surface area contributed by atoms with Gasteiger partial charge in [0.2, 0.25) is 0 Å². The smallest absolute Gasteiger partial charge is 0.164 e. The fourth-order valence-corrected chi connectivity index (χ4v) is 5.37. The maximum absolute atomic E-state index is 4.93. The maximum atomic E-state index is 4.93. The van der Waals surface area contributed by atoms with Crippen molar-refractivity contribution in [3.8, 4) is 56.9 Å². The quantitative estimate of drug-likeness (QED) is 0.147. The first-order valence-corrected chi connectivity index (χ1v) is 16.0. The van der Waals surface area contributed by atoms with Crippen LogP contribution in [0.2, 0.25) is 0 Å². The van der Waals surface area contributed by atoms with Gasteiger partial charge < -0.3 is 0 Å². The van der Waals surface area contributed by atoms with Crippen LogP contribution in [-0.4, -0.2) is 29.9 Å². The molecule has 0 atom stereocenters. The first kappa shape index (κ1) is 31.0. The van der Waals surface area contributed by atoms with Gasteiger partial charge in [-0.3, -0.25) is 0 Å². The molecule has 0 unspecified atom stereocenters. The molecule has 6 heteroatoms. The monoisotopic (exact) mass is 632 g/mol. The summed E-state index contributed by atoms with van der Waals surface area (Å²) in [5.74, 6) is 3.57. The third kappa shape index (κ3) is 7.19. The highest BCUT2D eigenvalue weighted by Crippen LogP contribution is 2.29. The van der Waals surface area contributed by atoms with E-state index in [-0.39, 0.29) is 0 Å². The van der Waals surface area contributed by atoms with E-state index in [2.05, 4.69) is 12.6 Å². The number of hydrogen-bond acceptors (Lipinski definition) is 6. The molecule has 5 aromatic carbocycles. The molecular weight excluding hydrogens is 601 g/mol. The molecule has 0 aliphatic heterocycles. The lowest BCUT2D eigenvalue weighted by Gasteiger charge is -2.11. The Kier molecular flexibility index (Phi) is 9.10. The van der Waals surface area contributed by atoms with E-state index < -0.39 is 0 Å². The third-order valence-corrected chi connectivity index (χ3v) is 7.82. The minimum atomic E-state index is 0.556. The summed E-state index contributed by atoms with van der Waals surface area (Å²) in [4.78, 5) is 29.3. The molecular formula is C43H32N6. The van der Waals surface area contributed by atoms with E-state index in [9.17, 15) is 0 Å². The number of benzene rings is 5. The Morgan fingerprint density at radius 1 is 0.449 bits per heavy atom. The highest BCUT2D eigenvalue weighted by molar-refractivity contribution is 5.86. The molecule has 0 saturated heterocycles. The van der Waals surface area contributed by atoms with Crippen LogP contribution < -0.4 is 0 Å². The maximum Gasteiger partial charge on any atom is 0.164 e. The topological polar surface area (TPSA) is 77.3 Å². The predicted octanol–water partition coefficient (Wildman–Crippen LogP) is 10.1. The van der Waals surface area contributed by atoms with Crippen LogP contribution in [0.1, 0.15) is 18.3 Å². The standard InChI is InChI=1S/C43H32N6/c1-3-17-36(42-46-38(31-18-8-4-9-19-31)44-39(47-42)32-20-10-5-11-21-32)28-30(2)35-26-16-27-37(29-35)43-48-40(33-22-12-6-13-23-33)45-41(49-43)34-24-14-7-15-25-34/h3-29H,2H2,1H3/b17-3-,36-28+. The zero-order chi connectivity index (χ0) is 33.4. The summed E-state index contributed by atoms with van der Waals surface area (Å²) in [6.07, 6.45) is 5.99. The normalized spacial score (nSPS) is 11.5. The van der Waals surface area contributed by atoms with Gasteiger partial charge in [0.05, 0.1) is 0 Å². The van der Waals surface area contributed by atoms with Crippen LogP contribution >= 0.6 is 0 Å². The molecule has 6 nitrogen and oxygen atoms in total. The summed E-state index contributed by atoms with van der Waals surface area (Å²) in [5.41, 5.74) is 7.05. The molecule has 0 radical (unpaired) electrons. The predicted molar refractivity (Wildman–Crippen MR) is 199 cm³/mol. The van der Waals surface area contributed by atoms with Crippen molar-refractivity contribution in [3.63, 3.8) is 0 Å². The van der Waals surface area contributed by atoms with Crippen molar-refractivity contribution >= 4 is 11.1 Å². The van der Waals surface area contributed by atoms with Crippen LogP contribution in [0.3, 0.4) is 0 Å². The number of nitrogens with zero attached hydrogens (tertiary/aromatic N) is 6. The highest BCUT2D eigenvalue weighted by atomic mass is 15.0. The Hall–Kier alpha value is -6.66. The van der Waals surface area contributed by atoms with E-state index in [0.29, 0.717) is 34.9 Å². The first-order valence-electron chi connectivity index (χ1n) is 16.0. The molecule has 0 saturated carbocycles. The van der Waals surface area contributed by atoms with Gasteiger partial charge in [0.1, 0.15) is 0 Å². The summed E-state index contributed by atoms with van der Waals surface area (Å²) in [6, 6.07) is 47.9. The van der Waals surface area contributed by atoms with Gasteiger partial charge >= 0.3 is 0 Å². The highest BCUT2D eigenvalue weighted by Gasteiger charge is 2.15. The number of hydrogen-bond donors (Lipinski definition) is 0. The molecule has 2 aromatic heterocycles. The lowest BCUT2D eigenvalue weighted by molar-refractivity contribution is 1.04. The molecule has 49 heavy (non-hydrogen) atoms. The molecule has 234 valence electrons. The van der Waals surface area contributed by atoms with Crippen LogP contribution in [-0.2, 0) is 0 Å². The Morgan fingerprint density at radius 2 is 0.816 bits per heavy atom. The van der Waals surface area contributed by atoms with E-state index in [0.717, 1.165) is 44.5 Å². The average molecular weight is 633 g/mol. The zero-order valence-electron chi connectivity index (χ0n) is 27.0. The Labute approximate surface area is 286 Å². The van der Waals surface area contributed by atoms with E-state index in [1.54, 1.807) is 0 Å². The van der Waals surface area contributed by atoms with Crippen molar-refractivity contribution in [2.75, 3.05) is 0 Å². The van der Waals surface area contributed by atoms with Crippen molar-refractivity contribution < 1.29 is 0 Å². The lowest BCUT2D eigenvalue weighted by Crippen LogP contribution is -2.02. The number of rotatable bonds is 9. The summed E-state index contributed by atoms with van der Waals surface area (Å²) in [7, 11) is 0. The number of allylic oxidation sites excluding steroid dienone is 5. The van der Waals surface area contributed by atoms with Crippen LogP contribution in [0.5, 0.6) is 0 Å². The van der Waals surface area contributed by atoms with E-state index >= 15 is 0 Å². The second-order valence-corrected chi connectivity index (χ2v) is 11.3. The van der Waals surface area contributed by atoms with Gasteiger partial charge in [-0.2, -0.15) is 0 Å². The average Bonchev–Trinajstić information content (AvgIpc) is 3.18. The number of aromatic nitrogens is 6. The van der Waals surface area contributed by atoms with Crippen LogP contribution in [0.15, 0.2) is 170 Å². The fourth-order valence-electron chi connectivity index (χ4n) is 5.37. The first-order chi connectivity index (χ1) is 24.1. The van der Waals surface area contributed by atoms with Crippen molar-refractivity contribution in [2.45, 2.75) is 6.92 Å². The van der Waals surface area contributed by atoms with E-state index in [1.165, 1.54) is 0 Å². The van der Waals surface area contributed by atoms with Gasteiger partial charge in [0.15, 0.2) is 34.9 Å². The summed E-state index contributed by atoms with van der Waals surface area (Å²) in [6.45, 7) is 6.44. The van der Waals surface area contributed by atoms with Crippen molar-refractivity contribution in [1.82, 2.24) is 29.9 Å². The van der Waals surface area contributed by atoms with E-state index in [4.69, 9.17) is 29.9 Å². The van der Waals surface area contributed by atoms with Crippen molar-refractivity contribution in [1.29, 1.82) is 0 Å². The summed E-state index contributed by atoms with van der Waals surface area (Å²) >= 11 is 0. The molecule has 0 bridgehead atoms. The Morgan fingerprint density at radius 3 is 1.22 bits per heavy atom. The van der Waals surface area contributed by atoms with Gasteiger partial charge in [-0.25, -0.2) is 29.9 Å². The SMILES string of the molecule is C=C(/C=C(\C=C/C)c1nc(-c2ccccc2)nc(-c2ccccc2)n1)c1cccc(-c2nc(-c3ccccc3)nc(-c3ccccc3)n2)c1. The zero-order valence-corrected chi connectivity index (χ0v) is 27.0. The second-order valence-electron chi connectivity index (χ2n) is 11.3. The van der Waals surface area contributed by atoms with Gasteiger partial charge in [0.25, 0.3) is 0 Å². The Balaban J connectivity index is 1.29. The second kappa shape index (κ2) is 14.4. The van der Waals surface area contributed by atoms with Crippen molar-refractivity contribution in [2.24, 2.45) is 0 Å².